The van der Waals surface area contributed by atoms with Crippen molar-refractivity contribution in [2.24, 2.45) is 0 Å². The van der Waals surface area contributed by atoms with Crippen molar-refractivity contribution in [1.82, 2.24) is 16.2 Å². The lowest BCUT2D eigenvalue weighted by molar-refractivity contribution is -0.170. The largest absolute Gasteiger partial charge is 0.476 e. The molecule has 8 heteroatoms. The molecule has 1 aromatic carbocycles. The summed E-state index contributed by atoms with van der Waals surface area (Å²) in [5, 5.41) is 2.60. The Hall–Kier alpha value is -2.77. The Labute approximate surface area is 179 Å². The number of hydrogen-bond donors (Lipinski definition) is 3. The first kappa shape index (κ1) is 25.3. The van der Waals surface area contributed by atoms with Crippen molar-refractivity contribution in [2.45, 2.75) is 78.4 Å². The van der Waals surface area contributed by atoms with Crippen LogP contribution in [-0.2, 0) is 20.7 Å². The zero-order valence-electron chi connectivity index (χ0n) is 18.9. The molecule has 0 atom stereocenters. The van der Waals surface area contributed by atoms with E-state index in [9.17, 15) is 14.4 Å². The molecule has 30 heavy (non-hydrogen) atoms. The predicted octanol–water partition coefficient (Wildman–Crippen LogP) is 3.25. The fourth-order valence-corrected chi connectivity index (χ4v) is 2.39. The van der Waals surface area contributed by atoms with E-state index in [-0.39, 0.29) is 12.3 Å². The van der Waals surface area contributed by atoms with E-state index in [4.69, 9.17) is 9.47 Å². The summed E-state index contributed by atoms with van der Waals surface area (Å²) < 4.78 is 11.2. The minimum atomic E-state index is -1.11. The van der Waals surface area contributed by atoms with Gasteiger partial charge in [-0.05, 0) is 71.6 Å². The van der Waals surface area contributed by atoms with Gasteiger partial charge in [0.1, 0.15) is 11.4 Å². The lowest BCUT2D eigenvalue weighted by atomic mass is 10.1. The van der Waals surface area contributed by atoms with Crippen molar-refractivity contribution in [1.29, 1.82) is 0 Å². The van der Waals surface area contributed by atoms with Gasteiger partial charge < -0.3 is 14.8 Å². The molecule has 0 spiro atoms. The summed E-state index contributed by atoms with van der Waals surface area (Å²) >= 11 is 0. The quantitative estimate of drug-likeness (QED) is 0.419. The highest BCUT2D eigenvalue weighted by molar-refractivity contribution is 5.81. The molecule has 0 unspecified atom stereocenters. The van der Waals surface area contributed by atoms with Crippen molar-refractivity contribution in [3.63, 3.8) is 0 Å². The highest BCUT2D eigenvalue weighted by Crippen LogP contribution is 2.22. The maximum Gasteiger partial charge on any atom is 0.350 e. The number of nitrogens with one attached hydrogen (secondary N) is 3. The van der Waals surface area contributed by atoms with Gasteiger partial charge >= 0.3 is 12.0 Å². The Morgan fingerprint density at radius 1 is 0.967 bits per heavy atom. The summed E-state index contributed by atoms with van der Waals surface area (Å²) in [5.74, 6) is -0.113. The van der Waals surface area contributed by atoms with Gasteiger partial charge in [-0.15, -0.1) is 0 Å². The number of carbonyl (C=O) groups is 3. The van der Waals surface area contributed by atoms with E-state index >= 15 is 0 Å². The van der Waals surface area contributed by atoms with Gasteiger partial charge in [-0.25, -0.2) is 15.0 Å². The molecule has 0 aliphatic carbocycles. The third-order valence-corrected chi connectivity index (χ3v) is 3.91. The topological polar surface area (TPSA) is 106 Å². The summed E-state index contributed by atoms with van der Waals surface area (Å²) in [6.07, 6.45) is 2.45. The molecule has 1 rings (SSSR count). The Bertz CT molecular complexity index is 708. The van der Waals surface area contributed by atoms with E-state index in [1.807, 2.05) is 39.8 Å². The monoisotopic (exact) mass is 421 g/mol. The SMILES string of the molecule is CCCNC(=O)NNC(=O)CCCc1ccc(OC(C)(C)C(=O)OC(C)(C)C)cc1. The highest BCUT2D eigenvalue weighted by atomic mass is 16.6. The molecule has 0 saturated carbocycles. The van der Waals surface area contributed by atoms with Crippen LogP contribution in [0.5, 0.6) is 5.75 Å². The van der Waals surface area contributed by atoms with Crippen molar-refractivity contribution in [3.8, 4) is 5.75 Å². The van der Waals surface area contributed by atoms with E-state index in [0.717, 1.165) is 12.0 Å². The molecular weight excluding hydrogens is 386 g/mol. The second kappa shape index (κ2) is 11.4. The van der Waals surface area contributed by atoms with Gasteiger partial charge in [0.25, 0.3) is 0 Å². The predicted molar refractivity (Wildman–Crippen MR) is 115 cm³/mol. The second-order valence-corrected chi connectivity index (χ2v) is 8.54. The van der Waals surface area contributed by atoms with Crippen LogP contribution in [0.4, 0.5) is 4.79 Å². The van der Waals surface area contributed by atoms with E-state index in [0.29, 0.717) is 25.1 Å². The fraction of sp³-hybridized carbons (Fsp3) is 0.591. The average Bonchev–Trinajstić information content (AvgIpc) is 2.64. The van der Waals surface area contributed by atoms with Crippen LogP contribution < -0.4 is 20.9 Å². The number of hydrogen-bond acceptors (Lipinski definition) is 5. The number of aryl methyl sites for hydroxylation is 1. The number of urea groups is 1. The van der Waals surface area contributed by atoms with Crippen LogP contribution >= 0.6 is 0 Å². The first-order valence-corrected chi connectivity index (χ1v) is 10.3. The maximum atomic E-state index is 12.3. The van der Waals surface area contributed by atoms with E-state index in [1.165, 1.54) is 0 Å². The van der Waals surface area contributed by atoms with Crippen LogP contribution in [0.3, 0.4) is 0 Å². The number of benzene rings is 1. The molecule has 0 heterocycles. The summed E-state index contributed by atoms with van der Waals surface area (Å²) in [4.78, 5) is 35.4. The number of amides is 3. The van der Waals surface area contributed by atoms with E-state index in [1.54, 1.807) is 26.0 Å². The van der Waals surface area contributed by atoms with Gasteiger partial charge in [-0.3, -0.25) is 10.2 Å². The Kier molecular flexibility index (Phi) is 9.62. The Morgan fingerprint density at radius 3 is 2.17 bits per heavy atom. The van der Waals surface area contributed by atoms with Crippen LogP contribution in [0.2, 0.25) is 0 Å². The molecule has 0 aliphatic heterocycles. The van der Waals surface area contributed by atoms with Crippen molar-refractivity contribution < 1.29 is 23.9 Å². The van der Waals surface area contributed by atoms with E-state index in [2.05, 4.69) is 16.2 Å². The molecule has 8 nitrogen and oxygen atoms in total. The van der Waals surface area contributed by atoms with Crippen LogP contribution in [0, 0.1) is 0 Å². The average molecular weight is 422 g/mol. The second-order valence-electron chi connectivity index (χ2n) is 8.54. The summed E-state index contributed by atoms with van der Waals surface area (Å²) in [7, 11) is 0. The van der Waals surface area contributed by atoms with Gasteiger partial charge in [-0.1, -0.05) is 19.1 Å². The number of rotatable bonds is 9. The van der Waals surface area contributed by atoms with Gasteiger partial charge in [-0.2, -0.15) is 0 Å². The standard InChI is InChI=1S/C22H35N3O5/c1-7-15-23-20(28)25-24-18(26)10-8-9-16-11-13-17(14-12-16)29-22(5,6)19(27)30-21(2,3)4/h11-14H,7-10,15H2,1-6H3,(H,24,26)(H2,23,25,28). The molecule has 1 aromatic rings. The molecule has 0 fully saturated rings. The lowest BCUT2D eigenvalue weighted by Gasteiger charge is -2.29. The molecule has 0 saturated heterocycles. The first-order valence-electron chi connectivity index (χ1n) is 10.3. The zero-order valence-corrected chi connectivity index (χ0v) is 18.9. The Morgan fingerprint density at radius 2 is 1.60 bits per heavy atom. The number of ether oxygens (including phenoxy) is 2. The number of carbonyl (C=O) groups excluding carboxylic acids is 3. The maximum absolute atomic E-state index is 12.3. The molecule has 0 aromatic heterocycles. The molecule has 0 bridgehead atoms. The van der Waals surface area contributed by atoms with Gasteiger partial charge in [0, 0.05) is 13.0 Å². The normalized spacial score (nSPS) is 11.4. The summed E-state index contributed by atoms with van der Waals surface area (Å²) in [5.41, 5.74) is 4.04. The number of esters is 1. The smallest absolute Gasteiger partial charge is 0.350 e. The number of hydrazine groups is 1. The first-order chi connectivity index (χ1) is 13.9. The van der Waals surface area contributed by atoms with Crippen LogP contribution in [0.25, 0.3) is 0 Å². The third-order valence-electron chi connectivity index (χ3n) is 3.91. The van der Waals surface area contributed by atoms with Crippen molar-refractivity contribution in [3.05, 3.63) is 29.8 Å². The minimum Gasteiger partial charge on any atom is -0.476 e. The zero-order chi connectivity index (χ0) is 22.8. The third kappa shape index (κ3) is 10.1. The highest BCUT2D eigenvalue weighted by Gasteiger charge is 2.34. The van der Waals surface area contributed by atoms with Gasteiger partial charge in [0.2, 0.25) is 5.91 Å². The lowest BCUT2D eigenvalue weighted by Crippen LogP contribution is -2.47. The van der Waals surface area contributed by atoms with Crippen molar-refractivity contribution in [2.75, 3.05) is 6.54 Å². The van der Waals surface area contributed by atoms with Crippen LogP contribution in [0.1, 0.15) is 66.4 Å². The minimum absolute atomic E-state index is 0.249. The molecular formula is C22H35N3O5. The van der Waals surface area contributed by atoms with Crippen LogP contribution in [0.15, 0.2) is 24.3 Å². The molecule has 3 amide bonds. The summed E-state index contributed by atoms with van der Waals surface area (Å²) in [6, 6.07) is 6.96. The molecule has 0 aliphatic rings. The van der Waals surface area contributed by atoms with Crippen LogP contribution in [-0.4, -0.2) is 35.7 Å². The fourth-order valence-electron chi connectivity index (χ4n) is 2.39. The summed E-state index contributed by atoms with van der Waals surface area (Å²) in [6.45, 7) is 11.3. The Balaban J connectivity index is 2.41. The van der Waals surface area contributed by atoms with Gasteiger partial charge in [0.15, 0.2) is 5.60 Å². The molecule has 0 radical (unpaired) electrons. The van der Waals surface area contributed by atoms with Crippen molar-refractivity contribution >= 4 is 17.9 Å². The molecule has 168 valence electrons. The molecule has 3 N–H and O–H groups in total. The van der Waals surface area contributed by atoms with E-state index < -0.39 is 23.2 Å². The van der Waals surface area contributed by atoms with Gasteiger partial charge in [0.05, 0.1) is 0 Å².